The zero-order valence-corrected chi connectivity index (χ0v) is 10.0. The van der Waals surface area contributed by atoms with Crippen molar-refractivity contribution in [1.29, 1.82) is 0 Å². The Morgan fingerprint density at radius 1 is 1.60 bits per heavy atom. The van der Waals surface area contributed by atoms with Gasteiger partial charge in [0.2, 0.25) is 0 Å². The van der Waals surface area contributed by atoms with Crippen LogP contribution in [-0.4, -0.2) is 23.2 Å². The van der Waals surface area contributed by atoms with Gasteiger partial charge in [-0.05, 0) is 24.7 Å². The molecule has 3 nitrogen and oxygen atoms in total. The van der Waals surface area contributed by atoms with Crippen LogP contribution in [0.15, 0.2) is 0 Å². The lowest BCUT2D eigenvalue weighted by molar-refractivity contribution is -0.136. The largest absolute Gasteiger partial charge is 0.480 e. The summed E-state index contributed by atoms with van der Waals surface area (Å²) in [7, 11) is 0. The highest BCUT2D eigenvalue weighted by atomic mass is 16.4. The molecule has 0 aromatic carbocycles. The third kappa shape index (κ3) is 3.20. The lowest BCUT2D eigenvalue weighted by atomic mass is 9.70. The summed E-state index contributed by atoms with van der Waals surface area (Å²) in [6, 6.07) is 0. The SMILES string of the molecule is CC1CCCC(NCC(=O)O)(C(C)C)C1. The Balaban J connectivity index is 2.64. The highest BCUT2D eigenvalue weighted by Crippen LogP contribution is 2.37. The second-order valence-electron chi connectivity index (χ2n) is 5.26. The van der Waals surface area contributed by atoms with Crippen molar-refractivity contribution in [2.45, 2.75) is 52.0 Å². The number of aliphatic carboxylic acids is 1. The minimum atomic E-state index is -0.756. The minimum absolute atomic E-state index is 0.0516. The highest BCUT2D eigenvalue weighted by molar-refractivity contribution is 5.69. The monoisotopic (exact) mass is 213 g/mol. The molecule has 0 amide bonds. The molecule has 15 heavy (non-hydrogen) atoms. The number of nitrogens with one attached hydrogen (secondary N) is 1. The van der Waals surface area contributed by atoms with Crippen LogP contribution < -0.4 is 5.32 Å². The summed E-state index contributed by atoms with van der Waals surface area (Å²) in [6.45, 7) is 6.73. The molecule has 0 aromatic rings. The van der Waals surface area contributed by atoms with E-state index < -0.39 is 5.97 Å². The molecule has 3 heteroatoms. The molecule has 2 N–H and O–H groups in total. The van der Waals surface area contributed by atoms with E-state index in [-0.39, 0.29) is 12.1 Å². The van der Waals surface area contributed by atoms with Crippen LogP contribution in [0.3, 0.4) is 0 Å². The fourth-order valence-electron chi connectivity index (χ4n) is 2.73. The van der Waals surface area contributed by atoms with E-state index in [0.717, 1.165) is 12.8 Å². The fourth-order valence-corrected chi connectivity index (χ4v) is 2.73. The van der Waals surface area contributed by atoms with Gasteiger partial charge < -0.3 is 10.4 Å². The van der Waals surface area contributed by atoms with E-state index in [0.29, 0.717) is 11.8 Å². The molecule has 0 bridgehead atoms. The summed E-state index contributed by atoms with van der Waals surface area (Å²) < 4.78 is 0. The van der Waals surface area contributed by atoms with Crippen LogP contribution in [-0.2, 0) is 4.79 Å². The van der Waals surface area contributed by atoms with E-state index in [9.17, 15) is 4.79 Å². The Kier molecular flexibility index (Phi) is 4.14. The molecule has 1 saturated carbocycles. The molecule has 1 fully saturated rings. The van der Waals surface area contributed by atoms with E-state index in [2.05, 4.69) is 26.1 Å². The van der Waals surface area contributed by atoms with E-state index in [4.69, 9.17) is 5.11 Å². The van der Waals surface area contributed by atoms with Crippen LogP contribution in [0.2, 0.25) is 0 Å². The summed E-state index contributed by atoms with van der Waals surface area (Å²) in [5.74, 6) is 0.454. The average molecular weight is 213 g/mol. The molecule has 1 rings (SSSR count). The van der Waals surface area contributed by atoms with Crippen LogP contribution in [0.1, 0.15) is 46.5 Å². The number of carboxylic acids is 1. The molecule has 0 aromatic heterocycles. The first-order valence-electron chi connectivity index (χ1n) is 5.93. The number of hydrogen-bond acceptors (Lipinski definition) is 2. The smallest absolute Gasteiger partial charge is 0.317 e. The molecular formula is C12H23NO2. The molecule has 1 aliphatic rings. The summed E-state index contributed by atoms with van der Waals surface area (Å²) in [4.78, 5) is 10.6. The van der Waals surface area contributed by atoms with Crippen molar-refractivity contribution >= 4 is 5.97 Å². The van der Waals surface area contributed by atoms with Crippen molar-refractivity contribution in [2.75, 3.05) is 6.54 Å². The van der Waals surface area contributed by atoms with Gasteiger partial charge in [-0.3, -0.25) is 4.79 Å². The van der Waals surface area contributed by atoms with Crippen LogP contribution >= 0.6 is 0 Å². The van der Waals surface area contributed by atoms with Gasteiger partial charge >= 0.3 is 5.97 Å². The predicted octanol–water partition coefficient (Wildman–Crippen LogP) is 2.27. The average Bonchev–Trinajstić information content (AvgIpc) is 2.14. The quantitative estimate of drug-likeness (QED) is 0.753. The zero-order chi connectivity index (χ0) is 11.5. The van der Waals surface area contributed by atoms with Gasteiger partial charge in [-0.15, -0.1) is 0 Å². The van der Waals surface area contributed by atoms with Gasteiger partial charge in [0.15, 0.2) is 0 Å². The zero-order valence-electron chi connectivity index (χ0n) is 10.0. The van der Waals surface area contributed by atoms with Crippen molar-refractivity contribution in [2.24, 2.45) is 11.8 Å². The molecule has 2 atom stereocenters. The van der Waals surface area contributed by atoms with Gasteiger partial charge in [-0.1, -0.05) is 33.6 Å². The Hall–Kier alpha value is -0.570. The first kappa shape index (κ1) is 12.5. The normalized spacial score (nSPS) is 31.9. The van der Waals surface area contributed by atoms with E-state index in [1.807, 2.05) is 0 Å². The molecule has 2 unspecified atom stereocenters. The molecule has 0 radical (unpaired) electrons. The second kappa shape index (κ2) is 4.97. The standard InChI is InChI=1S/C12H23NO2/c1-9(2)12(13-8-11(14)15)6-4-5-10(3)7-12/h9-10,13H,4-8H2,1-3H3,(H,14,15). The van der Waals surface area contributed by atoms with Gasteiger partial charge in [0.05, 0.1) is 6.54 Å². The van der Waals surface area contributed by atoms with Crippen molar-refractivity contribution < 1.29 is 9.90 Å². The molecule has 0 spiro atoms. The van der Waals surface area contributed by atoms with Crippen molar-refractivity contribution in [3.8, 4) is 0 Å². The highest BCUT2D eigenvalue weighted by Gasteiger charge is 2.37. The van der Waals surface area contributed by atoms with E-state index in [1.54, 1.807) is 0 Å². The number of carbonyl (C=O) groups is 1. The first-order chi connectivity index (χ1) is 6.96. The molecule has 88 valence electrons. The van der Waals surface area contributed by atoms with Crippen LogP contribution in [0.5, 0.6) is 0 Å². The fraction of sp³-hybridized carbons (Fsp3) is 0.917. The summed E-state index contributed by atoms with van der Waals surface area (Å²) in [5.41, 5.74) is 0.0516. The third-order valence-corrected chi connectivity index (χ3v) is 3.73. The molecular weight excluding hydrogens is 190 g/mol. The maximum absolute atomic E-state index is 10.6. The van der Waals surface area contributed by atoms with Gasteiger partial charge in [-0.2, -0.15) is 0 Å². The first-order valence-corrected chi connectivity index (χ1v) is 5.93. The van der Waals surface area contributed by atoms with Crippen LogP contribution in [0, 0.1) is 11.8 Å². The van der Waals surface area contributed by atoms with E-state index >= 15 is 0 Å². The predicted molar refractivity (Wildman–Crippen MR) is 60.8 cm³/mol. The van der Waals surface area contributed by atoms with Crippen molar-refractivity contribution in [3.63, 3.8) is 0 Å². The third-order valence-electron chi connectivity index (χ3n) is 3.73. The molecule has 1 aliphatic carbocycles. The van der Waals surface area contributed by atoms with Gasteiger partial charge in [0.25, 0.3) is 0 Å². The minimum Gasteiger partial charge on any atom is -0.480 e. The Morgan fingerprint density at radius 2 is 2.27 bits per heavy atom. The number of hydrogen-bond donors (Lipinski definition) is 2. The number of rotatable bonds is 4. The van der Waals surface area contributed by atoms with Gasteiger partial charge in [-0.25, -0.2) is 0 Å². The molecule has 0 saturated heterocycles. The van der Waals surface area contributed by atoms with Crippen LogP contribution in [0.4, 0.5) is 0 Å². The summed E-state index contributed by atoms with van der Waals surface area (Å²) >= 11 is 0. The van der Waals surface area contributed by atoms with Crippen molar-refractivity contribution in [3.05, 3.63) is 0 Å². The lowest BCUT2D eigenvalue weighted by Crippen LogP contribution is -2.53. The Bertz CT molecular complexity index is 228. The summed E-state index contributed by atoms with van der Waals surface area (Å²) in [5, 5.41) is 12.0. The maximum atomic E-state index is 10.6. The van der Waals surface area contributed by atoms with Crippen LogP contribution in [0.25, 0.3) is 0 Å². The second-order valence-corrected chi connectivity index (χ2v) is 5.26. The van der Waals surface area contributed by atoms with E-state index in [1.165, 1.54) is 12.8 Å². The maximum Gasteiger partial charge on any atom is 0.317 e. The van der Waals surface area contributed by atoms with Gasteiger partial charge in [0, 0.05) is 5.54 Å². The van der Waals surface area contributed by atoms with Gasteiger partial charge in [0.1, 0.15) is 0 Å². The van der Waals surface area contributed by atoms with Crippen molar-refractivity contribution in [1.82, 2.24) is 5.32 Å². The Labute approximate surface area is 92.3 Å². The topological polar surface area (TPSA) is 49.3 Å². The number of carboxylic acid groups (broad SMARTS) is 1. The Morgan fingerprint density at radius 3 is 2.73 bits per heavy atom. The molecule has 0 heterocycles. The molecule has 0 aliphatic heterocycles. The summed E-state index contributed by atoms with van der Waals surface area (Å²) in [6.07, 6.45) is 4.72. The lowest BCUT2D eigenvalue weighted by Gasteiger charge is -2.44.